The first kappa shape index (κ1) is 18.5. The molecular weight excluding hydrogens is 368 g/mol. The third kappa shape index (κ3) is 3.61. The molecule has 1 N–H and O–H groups in total. The van der Waals surface area contributed by atoms with E-state index in [1.165, 1.54) is 5.56 Å². The van der Waals surface area contributed by atoms with E-state index >= 15 is 0 Å². The summed E-state index contributed by atoms with van der Waals surface area (Å²) in [4.78, 5) is 26.9. The van der Waals surface area contributed by atoms with E-state index in [2.05, 4.69) is 22.4 Å². The SMILES string of the molecule is CNc1nc([C@H]2CCCN(C(=O)c3cc(C4CC4)on3)C2)nc2c1CCN(C)C2. The minimum absolute atomic E-state index is 0.0446. The molecule has 8 nitrogen and oxygen atoms in total. The van der Waals surface area contributed by atoms with Gasteiger partial charge in [0.25, 0.3) is 5.91 Å². The van der Waals surface area contributed by atoms with Crippen molar-refractivity contribution in [1.82, 2.24) is 24.9 Å². The first-order valence-corrected chi connectivity index (χ1v) is 10.6. The summed E-state index contributed by atoms with van der Waals surface area (Å²) in [6.07, 6.45) is 5.17. The highest BCUT2D eigenvalue weighted by molar-refractivity contribution is 5.92. The van der Waals surface area contributed by atoms with Gasteiger partial charge in [0.2, 0.25) is 0 Å². The lowest BCUT2D eigenvalue weighted by Crippen LogP contribution is -2.40. The summed E-state index contributed by atoms with van der Waals surface area (Å²) in [7, 11) is 4.04. The van der Waals surface area contributed by atoms with Gasteiger partial charge in [-0.1, -0.05) is 5.16 Å². The number of hydrogen-bond acceptors (Lipinski definition) is 7. The number of piperidine rings is 1. The predicted octanol–water partition coefficient (Wildman–Crippen LogP) is 2.39. The third-order valence-corrected chi connectivity index (χ3v) is 6.31. The molecule has 1 atom stereocenters. The molecule has 1 saturated heterocycles. The van der Waals surface area contributed by atoms with Gasteiger partial charge in [0, 0.05) is 56.7 Å². The summed E-state index contributed by atoms with van der Waals surface area (Å²) in [5.41, 5.74) is 2.77. The van der Waals surface area contributed by atoms with Crippen molar-refractivity contribution in [3.63, 3.8) is 0 Å². The van der Waals surface area contributed by atoms with Crippen molar-refractivity contribution in [2.75, 3.05) is 39.0 Å². The van der Waals surface area contributed by atoms with E-state index in [1.807, 2.05) is 18.0 Å². The topological polar surface area (TPSA) is 87.4 Å². The first-order valence-electron chi connectivity index (χ1n) is 10.6. The zero-order valence-corrected chi connectivity index (χ0v) is 17.1. The van der Waals surface area contributed by atoms with Crippen LogP contribution in [0.5, 0.6) is 0 Å². The molecule has 0 radical (unpaired) electrons. The second kappa shape index (κ2) is 7.40. The number of aromatic nitrogens is 3. The van der Waals surface area contributed by atoms with Crippen LogP contribution < -0.4 is 5.32 Å². The van der Waals surface area contributed by atoms with E-state index < -0.39 is 0 Å². The van der Waals surface area contributed by atoms with Gasteiger partial charge in [-0.05, 0) is 39.2 Å². The van der Waals surface area contributed by atoms with E-state index in [-0.39, 0.29) is 11.8 Å². The molecule has 0 unspecified atom stereocenters. The lowest BCUT2D eigenvalue weighted by Gasteiger charge is -2.32. The van der Waals surface area contributed by atoms with Crippen LogP contribution >= 0.6 is 0 Å². The minimum Gasteiger partial charge on any atom is -0.373 e. The lowest BCUT2D eigenvalue weighted by molar-refractivity contribution is 0.0694. The number of carbonyl (C=O) groups excluding carboxylic acids is 1. The molecule has 2 fully saturated rings. The largest absolute Gasteiger partial charge is 0.373 e. The van der Waals surface area contributed by atoms with Crippen LogP contribution in [0.15, 0.2) is 10.6 Å². The number of fused-ring (bicyclic) bond motifs is 1. The minimum atomic E-state index is -0.0446. The van der Waals surface area contributed by atoms with Crippen LogP contribution in [-0.2, 0) is 13.0 Å². The predicted molar refractivity (Wildman–Crippen MR) is 108 cm³/mol. The van der Waals surface area contributed by atoms with E-state index in [0.717, 1.165) is 74.8 Å². The van der Waals surface area contributed by atoms with Crippen LogP contribution in [0.2, 0.25) is 0 Å². The van der Waals surface area contributed by atoms with Gasteiger partial charge in [0.15, 0.2) is 5.69 Å². The summed E-state index contributed by atoms with van der Waals surface area (Å²) < 4.78 is 5.38. The highest BCUT2D eigenvalue weighted by atomic mass is 16.5. The number of likely N-dealkylation sites (tertiary alicyclic amines) is 1. The molecule has 29 heavy (non-hydrogen) atoms. The van der Waals surface area contributed by atoms with Crippen LogP contribution in [0.25, 0.3) is 0 Å². The van der Waals surface area contributed by atoms with Gasteiger partial charge >= 0.3 is 0 Å². The number of hydrogen-bond donors (Lipinski definition) is 1. The number of nitrogens with one attached hydrogen (secondary N) is 1. The van der Waals surface area contributed by atoms with Crippen molar-refractivity contribution in [2.45, 2.75) is 50.5 Å². The summed E-state index contributed by atoms with van der Waals surface area (Å²) in [5.74, 6) is 3.19. The molecule has 4 heterocycles. The standard InChI is InChI=1S/C21H28N6O2/c1-22-20-15-7-9-26(2)12-17(15)23-19(24-20)14-4-3-8-27(11-14)21(28)16-10-18(29-25-16)13-5-6-13/h10,13-14H,3-9,11-12H2,1-2H3,(H,22,23,24)/t14-/m0/s1. The second-order valence-corrected chi connectivity index (χ2v) is 8.57. The Hall–Kier alpha value is -2.48. The fraction of sp³-hybridized carbons (Fsp3) is 0.619. The van der Waals surface area contributed by atoms with E-state index in [9.17, 15) is 4.79 Å². The molecular formula is C21H28N6O2. The summed E-state index contributed by atoms with van der Waals surface area (Å²) in [5, 5.41) is 7.29. The van der Waals surface area contributed by atoms with Gasteiger partial charge in [-0.15, -0.1) is 0 Å². The average molecular weight is 396 g/mol. The molecule has 154 valence electrons. The Morgan fingerprint density at radius 2 is 2.07 bits per heavy atom. The normalized spacial score (nSPS) is 22.4. The van der Waals surface area contributed by atoms with Crippen LogP contribution in [-0.4, -0.2) is 64.6 Å². The van der Waals surface area contributed by atoms with Gasteiger partial charge in [0.1, 0.15) is 17.4 Å². The Kier molecular flexibility index (Phi) is 4.73. The van der Waals surface area contributed by atoms with Gasteiger partial charge < -0.3 is 19.6 Å². The van der Waals surface area contributed by atoms with Gasteiger partial charge in [0.05, 0.1) is 5.69 Å². The molecule has 2 aromatic heterocycles. The van der Waals surface area contributed by atoms with Crippen molar-refractivity contribution in [3.05, 3.63) is 34.6 Å². The summed E-state index contributed by atoms with van der Waals surface area (Å²) in [6, 6.07) is 1.83. The maximum absolute atomic E-state index is 13.0. The highest BCUT2D eigenvalue weighted by Crippen LogP contribution is 2.40. The molecule has 3 aliphatic rings. The van der Waals surface area contributed by atoms with Gasteiger partial charge in [-0.2, -0.15) is 0 Å². The Labute approximate surface area is 170 Å². The van der Waals surface area contributed by atoms with Crippen molar-refractivity contribution in [1.29, 1.82) is 0 Å². The van der Waals surface area contributed by atoms with Crippen LogP contribution in [0.4, 0.5) is 5.82 Å². The quantitative estimate of drug-likeness (QED) is 0.849. The molecule has 8 heteroatoms. The monoisotopic (exact) mass is 396 g/mol. The fourth-order valence-corrected chi connectivity index (χ4v) is 4.45. The zero-order valence-electron chi connectivity index (χ0n) is 17.1. The van der Waals surface area contributed by atoms with E-state index in [0.29, 0.717) is 18.2 Å². The molecule has 5 rings (SSSR count). The molecule has 0 aromatic carbocycles. The fourth-order valence-electron chi connectivity index (χ4n) is 4.45. The number of likely N-dealkylation sites (N-methyl/N-ethyl adjacent to an activating group) is 1. The molecule has 2 aliphatic heterocycles. The maximum Gasteiger partial charge on any atom is 0.276 e. The third-order valence-electron chi connectivity index (χ3n) is 6.31. The number of nitrogens with zero attached hydrogens (tertiary/aromatic N) is 5. The van der Waals surface area contributed by atoms with Crippen LogP contribution in [0, 0.1) is 0 Å². The van der Waals surface area contributed by atoms with E-state index in [4.69, 9.17) is 14.5 Å². The number of carbonyl (C=O) groups is 1. The van der Waals surface area contributed by atoms with Gasteiger partial charge in [-0.25, -0.2) is 9.97 Å². The van der Waals surface area contributed by atoms with Crippen LogP contribution in [0.1, 0.15) is 70.8 Å². The summed E-state index contributed by atoms with van der Waals surface area (Å²) >= 11 is 0. The van der Waals surface area contributed by atoms with Crippen LogP contribution in [0.3, 0.4) is 0 Å². The van der Waals surface area contributed by atoms with Crippen molar-refractivity contribution in [2.24, 2.45) is 0 Å². The zero-order chi connectivity index (χ0) is 20.0. The molecule has 0 bridgehead atoms. The van der Waals surface area contributed by atoms with E-state index in [1.54, 1.807) is 0 Å². The molecule has 1 saturated carbocycles. The van der Waals surface area contributed by atoms with Crippen molar-refractivity contribution in [3.8, 4) is 0 Å². The number of anilines is 1. The molecule has 1 amide bonds. The highest BCUT2D eigenvalue weighted by Gasteiger charge is 2.33. The smallest absolute Gasteiger partial charge is 0.276 e. The molecule has 2 aromatic rings. The average Bonchev–Trinajstić information content (AvgIpc) is 3.48. The number of amides is 1. The number of rotatable bonds is 4. The van der Waals surface area contributed by atoms with Crippen molar-refractivity contribution >= 4 is 11.7 Å². The van der Waals surface area contributed by atoms with Crippen molar-refractivity contribution < 1.29 is 9.32 Å². The Morgan fingerprint density at radius 3 is 2.86 bits per heavy atom. The second-order valence-electron chi connectivity index (χ2n) is 8.57. The molecule has 1 aliphatic carbocycles. The summed E-state index contributed by atoms with van der Waals surface area (Å²) in [6.45, 7) is 3.24. The first-order chi connectivity index (χ1) is 14.1. The Balaban J connectivity index is 1.36. The Bertz CT molecular complexity index is 922. The van der Waals surface area contributed by atoms with Gasteiger partial charge in [-0.3, -0.25) is 4.79 Å². The lowest BCUT2D eigenvalue weighted by atomic mass is 9.96. The molecule has 0 spiro atoms. The maximum atomic E-state index is 13.0. The Morgan fingerprint density at radius 1 is 1.21 bits per heavy atom.